The van der Waals surface area contributed by atoms with Gasteiger partial charge in [-0.3, -0.25) is 4.98 Å². The summed E-state index contributed by atoms with van der Waals surface area (Å²) in [6.07, 6.45) is 9.23. The molecule has 0 amide bonds. The van der Waals surface area contributed by atoms with Crippen molar-refractivity contribution in [2.24, 2.45) is 0 Å². The number of nitrogens with one attached hydrogen (secondary N) is 1. The maximum atomic E-state index is 4.00. The molecular formula is C13H21N3. The average Bonchev–Trinajstić information content (AvgIpc) is 2.84. The zero-order valence-corrected chi connectivity index (χ0v) is 10.0. The second-order valence-corrected chi connectivity index (χ2v) is 4.58. The van der Waals surface area contributed by atoms with Crippen LogP contribution in [0.5, 0.6) is 0 Å². The maximum Gasteiger partial charge on any atom is 0.0371 e. The van der Waals surface area contributed by atoms with E-state index in [1.165, 1.54) is 25.7 Å². The molecule has 0 aromatic carbocycles. The van der Waals surface area contributed by atoms with E-state index in [2.05, 4.69) is 22.2 Å². The van der Waals surface area contributed by atoms with E-state index in [9.17, 15) is 0 Å². The van der Waals surface area contributed by atoms with E-state index < -0.39 is 0 Å². The first-order valence-corrected chi connectivity index (χ1v) is 6.20. The molecule has 0 bridgehead atoms. The molecule has 1 aliphatic carbocycles. The molecular weight excluding hydrogens is 198 g/mol. The van der Waals surface area contributed by atoms with Crippen molar-refractivity contribution in [3.63, 3.8) is 0 Å². The minimum Gasteiger partial charge on any atom is -0.384 e. The first kappa shape index (κ1) is 11.4. The standard InChI is InChI=1S/C13H21N3/c1-16(13-4-2-3-5-13)11-10-15-12-6-8-14-9-7-12/h6-9,13H,2-5,10-11H2,1H3,(H,14,15). The largest absolute Gasteiger partial charge is 0.384 e. The molecule has 0 radical (unpaired) electrons. The third kappa shape index (κ3) is 3.20. The van der Waals surface area contributed by atoms with Gasteiger partial charge in [-0.05, 0) is 32.0 Å². The van der Waals surface area contributed by atoms with Crippen LogP contribution in [0.1, 0.15) is 25.7 Å². The number of likely N-dealkylation sites (N-methyl/N-ethyl adjacent to an activating group) is 1. The van der Waals surface area contributed by atoms with E-state index in [1.54, 1.807) is 0 Å². The van der Waals surface area contributed by atoms with Crippen molar-refractivity contribution < 1.29 is 0 Å². The summed E-state index contributed by atoms with van der Waals surface area (Å²) in [6, 6.07) is 4.84. The predicted octanol–water partition coefficient (Wildman–Crippen LogP) is 2.37. The summed E-state index contributed by atoms with van der Waals surface area (Å²) in [6.45, 7) is 2.13. The highest BCUT2D eigenvalue weighted by molar-refractivity contribution is 5.40. The van der Waals surface area contributed by atoms with Crippen LogP contribution in [0.15, 0.2) is 24.5 Å². The Labute approximate surface area is 97.9 Å². The minimum absolute atomic E-state index is 0.819. The second-order valence-electron chi connectivity index (χ2n) is 4.58. The van der Waals surface area contributed by atoms with Gasteiger partial charge in [-0.1, -0.05) is 12.8 Å². The first-order valence-electron chi connectivity index (χ1n) is 6.20. The lowest BCUT2D eigenvalue weighted by molar-refractivity contribution is 0.254. The van der Waals surface area contributed by atoms with Crippen LogP contribution in [0.2, 0.25) is 0 Å². The van der Waals surface area contributed by atoms with Gasteiger partial charge in [-0.15, -0.1) is 0 Å². The average molecular weight is 219 g/mol. The minimum atomic E-state index is 0.819. The lowest BCUT2D eigenvalue weighted by atomic mass is 10.2. The van der Waals surface area contributed by atoms with Crippen molar-refractivity contribution in [2.75, 3.05) is 25.5 Å². The number of pyridine rings is 1. The number of anilines is 1. The van der Waals surface area contributed by atoms with Crippen molar-refractivity contribution in [2.45, 2.75) is 31.7 Å². The molecule has 2 rings (SSSR count). The number of aromatic nitrogens is 1. The smallest absolute Gasteiger partial charge is 0.0371 e. The third-order valence-electron chi connectivity index (χ3n) is 3.42. The number of nitrogens with zero attached hydrogens (tertiary/aromatic N) is 2. The Morgan fingerprint density at radius 1 is 1.31 bits per heavy atom. The Hall–Kier alpha value is -1.09. The lowest BCUT2D eigenvalue weighted by Crippen LogP contribution is -2.33. The SMILES string of the molecule is CN(CCNc1ccncc1)C1CCCC1. The Morgan fingerprint density at radius 2 is 2.00 bits per heavy atom. The van der Waals surface area contributed by atoms with Gasteiger partial charge in [0.2, 0.25) is 0 Å². The van der Waals surface area contributed by atoms with Gasteiger partial charge >= 0.3 is 0 Å². The maximum absolute atomic E-state index is 4.00. The molecule has 0 saturated heterocycles. The molecule has 1 aromatic heterocycles. The third-order valence-corrected chi connectivity index (χ3v) is 3.42. The Balaban J connectivity index is 1.67. The fourth-order valence-corrected chi connectivity index (χ4v) is 2.37. The summed E-state index contributed by atoms with van der Waals surface area (Å²) in [7, 11) is 2.24. The molecule has 0 aliphatic heterocycles. The fourth-order valence-electron chi connectivity index (χ4n) is 2.37. The Bertz CT molecular complexity index is 293. The molecule has 16 heavy (non-hydrogen) atoms. The number of hydrogen-bond donors (Lipinski definition) is 1. The molecule has 1 N–H and O–H groups in total. The molecule has 88 valence electrons. The molecule has 1 aromatic rings. The van der Waals surface area contributed by atoms with E-state index in [1.807, 2.05) is 24.5 Å². The summed E-state index contributed by atoms with van der Waals surface area (Å²) in [5, 5.41) is 3.42. The van der Waals surface area contributed by atoms with Crippen molar-refractivity contribution >= 4 is 5.69 Å². The van der Waals surface area contributed by atoms with Gasteiger partial charge in [0.05, 0.1) is 0 Å². The highest BCUT2D eigenvalue weighted by Gasteiger charge is 2.18. The molecule has 0 atom stereocenters. The van der Waals surface area contributed by atoms with Crippen molar-refractivity contribution in [3.8, 4) is 0 Å². The van der Waals surface area contributed by atoms with Crippen LogP contribution in [-0.2, 0) is 0 Å². The van der Waals surface area contributed by atoms with Crippen molar-refractivity contribution in [3.05, 3.63) is 24.5 Å². The molecule has 1 heterocycles. The van der Waals surface area contributed by atoms with Gasteiger partial charge in [0.25, 0.3) is 0 Å². The van der Waals surface area contributed by atoms with E-state index in [4.69, 9.17) is 0 Å². The van der Waals surface area contributed by atoms with Crippen LogP contribution in [0, 0.1) is 0 Å². The lowest BCUT2D eigenvalue weighted by Gasteiger charge is -2.24. The zero-order chi connectivity index (χ0) is 11.2. The molecule has 3 heteroatoms. The number of rotatable bonds is 5. The van der Waals surface area contributed by atoms with Gasteiger partial charge in [0.15, 0.2) is 0 Å². The molecule has 3 nitrogen and oxygen atoms in total. The van der Waals surface area contributed by atoms with Crippen LogP contribution in [0.25, 0.3) is 0 Å². The predicted molar refractivity (Wildman–Crippen MR) is 67.6 cm³/mol. The summed E-state index contributed by atoms with van der Waals surface area (Å²) in [4.78, 5) is 6.49. The number of hydrogen-bond acceptors (Lipinski definition) is 3. The molecule has 1 saturated carbocycles. The van der Waals surface area contributed by atoms with Crippen LogP contribution >= 0.6 is 0 Å². The highest BCUT2D eigenvalue weighted by atomic mass is 15.1. The van der Waals surface area contributed by atoms with E-state index in [0.29, 0.717) is 0 Å². The second kappa shape index (κ2) is 5.85. The topological polar surface area (TPSA) is 28.2 Å². The fraction of sp³-hybridized carbons (Fsp3) is 0.615. The summed E-state index contributed by atoms with van der Waals surface area (Å²) < 4.78 is 0. The zero-order valence-electron chi connectivity index (χ0n) is 10.0. The first-order chi connectivity index (χ1) is 7.86. The molecule has 1 fully saturated rings. The van der Waals surface area contributed by atoms with Gasteiger partial charge in [-0.25, -0.2) is 0 Å². The van der Waals surface area contributed by atoms with E-state index in [-0.39, 0.29) is 0 Å². The summed E-state index contributed by atoms with van der Waals surface area (Å²) in [5.74, 6) is 0. The monoisotopic (exact) mass is 219 g/mol. The van der Waals surface area contributed by atoms with Crippen molar-refractivity contribution in [1.82, 2.24) is 9.88 Å². The molecule has 0 unspecified atom stereocenters. The Kier molecular flexibility index (Phi) is 4.17. The van der Waals surface area contributed by atoms with Crippen molar-refractivity contribution in [1.29, 1.82) is 0 Å². The van der Waals surface area contributed by atoms with Gasteiger partial charge < -0.3 is 10.2 Å². The van der Waals surface area contributed by atoms with Gasteiger partial charge in [-0.2, -0.15) is 0 Å². The quantitative estimate of drug-likeness (QED) is 0.824. The van der Waals surface area contributed by atoms with Gasteiger partial charge in [0, 0.05) is 37.2 Å². The highest BCUT2D eigenvalue weighted by Crippen LogP contribution is 2.21. The van der Waals surface area contributed by atoms with Crippen LogP contribution in [0.4, 0.5) is 5.69 Å². The van der Waals surface area contributed by atoms with Crippen LogP contribution in [-0.4, -0.2) is 36.1 Å². The molecule has 0 spiro atoms. The molecule has 1 aliphatic rings. The van der Waals surface area contributed by atoms with Crippen LogP contribution < -0.4 is 5.32 Å². The van der Waals surface area contributed by atoms with Crippen LogP contribution in [0.3, 0.4) is 0 Å². The normalized spacial score (nSPS) is 16.9. The summed E-state index contributed by atoms with van der Waals surface area (Å²) >= 11 is 0. The van der Waals surface area contributed by atoms with E-state index in [0.717, 1.165) is 24.8 Å². The van der Waals surface area contributed by atoms with E-state index >= 15 is 0 Å². The summed E-state index contributed by atoms with van der Waals surface area (Å²) in [5.41, 5.74) is 1.16. The van der Waals surface area contributed by atoms with Gasteiger partial charge in [0.1, 0.15) is 0 Å². The Morgan fingerprint density at radius 3 is 2.69 bits per heavy atom.